The zero-order valence-electron chi connectivity index (χ0n) is 10.5. The molecule has 1 rings (SSSR count). The molecule has 0 aromatic heterocycles. The summed E-state index contributed by atoms with van der Waals surface area (Å²) in [6.45, 7) is 12.0. The molecule has 1 heterocycles. The van der Waals surface area contributed by atoms with Crippen LogP contribution in [0.3, 0.4) is 0 Å². The molecule has 3 heteroatoms. The molecule has 0 aliphatic carbocycles. The molecular formula is C12H25NOS. The van der Waals surface area contributed by atoms with Gasteiger partial charge in [0, 0.05) is 23.1 Å². The maximum atomic E-state index is 5.58. The van der Waals surface area contributed by atoms with Crippen LogP contribution in [0, 0.1) is 5.92 Å². The molecule has 0 radical (unpaired) electrons. The van der Waals surface area contributed by atoms with Gasteiger partial charge in [0.1, 0.15) is 0 Å². The summed E-state index contributed by atoms with van der Waals surface area (Å²) in [5, 5.41) is 4.93. The first-order chi connectivity index (χ1) is 7.15. The van der Waals surface area contributed by atoms with Crippen molar-refractivity contribution >= 4 is 11.8 Å². The van der Waals surface area contributed by atoms with E-state index >= 15 is 0 Å². The Bertz CT molecular complexity index is 173. The van der Waals surface area contributed by atoms with Gasteiger partial charge in [-0.25, -0.2) is 0 Å². The van der Waals surface area contributed by atoms with Crippen molar-refractivity contribution in [3.8, 4) is 0 Å². The zero-order chi connectivity index (χ0) is 11.3. The Labute approximate surface area is 98.5 Å². The first-order valence-electron chi connectivity index (χ1n) is 6.11. The van der Waals surface area contributed by atoms with E-state index in [9.17, 15) is 0 Å². The van der Waals surface area contributed by atoms with Gasteiger partial charge in [0.2, 0.25) is 0 Å². The smallest absolute Gasteiger partial charge is 0.0600 e. The number of ether oxygens (including phenoxy) is 1. The van der Waals surface area contributed by atoms with Gasteiger partial charge in [0.15, 0.2) is 0 Å². The van der Waals surface area contributed by atoms with Crippen LogP contribution in [-0.4, -0.2) is 36.3 Å². The minimum Gasteiger partial charge on any atom is -0.380 e. The van der Waals surface area contributed by atoms with E-state index < -0.39 is 0 Å². The summed E-state index contributed by atoms with van der Waals surface area (Å²) in [6.07, 6.45) is 1.16. The van der Waals surface area contributed by atoms with Gasteiger partial charge in [0.25, 0.3) is 0 Å². The number of hydrogen-bond donors (Lipinski definition) is 1. The molecule has 2 nitrogen and oxygen atoms in total. The van der Waals surface area contributed by atoms with Gasteiger partial charge < -0.3 is 10.1 Å². The highest BCUT2D eigenvalue weighted by atomic mass is 32.2. The normalized spacial score (nSPS) is 29.4. The summed E-state index contributed by atoms with van der Waals surface area (Å²) < 4.78 is 5.58. The Morgan fingerprint density at radius 2 is 2.13 bits per heavy atom. The fourth-order valence-corrected chi connectivity index (χ4v) is 3.24. The molecule has 3 atom stereocenters. The van der Waals surface area contributed by atoms with Crippen LogP contribution in [0.1, 0.15) is 34.1 Å². The Morgan fingerprint density at radius 1 is 1.40 bits per heavy atom. The van der Waals surface area contributed by atoms with Crippen molar-refractivity contribution in [2.45, 2.75) is 50.7 Å². The number of hydrogen-bond acceptors (Lipinski definition) is 3. The average molecular weight is 231 g/mol. The number of thioether (sulfide) groups is 1. The van der Waals surface area contributed by atoms with E-state index in [0.717, 1.165) is 37.3 Å². The largest absolute Gasteiger partial charge is 0.380 e. The molecule has 1 saturated heterocycles. The molecule has 90 valence electrons. The lowest BCUT2D eigenvalue weighted by Gasteiger charge is -2.34. The van der Waals surface area contributed by atoms with Crippen LogP contribution in [0.5, 0.6) is 0 Å². The van der Waals surface area contributed by atoms with Crippen molar-refractivity contribution in [2.24, 2.45) is 5.92 Å². The van der Waals surface area contributed by atoms with E-state index in [4.69, 9.17) is 4.74 Å². The first-order valence-corrected chi connectivity index (χ1v) is 7.06. The second-order valence-electron chi connectivity index (χ2n) is 4.65. The Hall–Kier alpha value is 0.270. The first kappa shape index (κ1) is 13.3. The number of rotatable bonds is 5. The SMILES string of the molecule is CCNC1CCOCC1SC(C)C(C)C. The van der Waals surface area contributed by atoms with Crippen LogP contribution in [-0.2, 0) is 4.74 Å². The van der Waals surface area contributed by atoms with E-state index in [1.807, 2.05) is 0 Å². The predicted molar refractivity (Wildman–Crippen MR) is 68.6 cm³/mol. The molecule has 0 bridgehead atoms. The molecule has 1 fully saturated rings. The highest BCUT2D eigenvalue weighted by Gasteiger charge is 2.27. The van der Waals surface area contributed by atoms with Crippen molar-refractivity contribution in [2.75, 3.05) is 19.8 Å². The zero-order valence-corrected chi connectivity index (χ0v) is 11.3. The lowest BCUT2D eigenvalue weighted by molar-refractivity contribution is 0.0835. The Morgan fingerprint density at radius 3 is 2.73 bits per heavy atom. The fraction of sp³-hybridized carbons (Fsp3) is 1.00. The van der Waals surface area contributed by atoms with E-state index in [0.29, 0.717) is 11.3 Å². The van der Waals surface area contributed by atoms with Crippen molar-refractivity contribution in [3.63, 3.8) is 0 Å². The van der Waals surface area contributed by atoms with E-state index in [1.165, 1.54) is 0 Å². The second-order valence-corrected chi connectivity index (χ2v) is 6.27. The van der Waals surface area contributed by atoms with Gasteiger partial charge >= 0.3 is 0 Å². The molecule has 1 N–H and O–H groups in total. The third kappa shape index (κ3) is 4.33. The van der Waals surface area contributed by atoms with Gasteiger partial charge in [-0.1, -0.05) is 27.7 Å². The topological polar surface area (TPSA) is 21.3 Å². The summed E-state index contributed by atoms with van der Waals surface area (Å²) in [6, 6.07) is 0.648. The van der Waals surface area contributed by atoms with Gasteiger partial charge in [-0.05, 0) is 18.9 Å². The molecule has 0 saturated carbocycles. The van der Waals surface area contributed by atoms with E-state index in [1.54, 1.807) is 0 Å². The highest BCUT2D eigenvalue weighted by molar-refractivity contribution is 8.00. The Balaban J connectivity index is 2.41. The third-order valence-corrected chi connectivity index (χ3v) is 4.89. The molecule has 0 aromatic carbocycles. The van der Waals surface area contributed by atoms with E-state index in [2.05, 4.69) is 44.8 Å². The van der Waals surface area contributed by atoms with Crippen molar-refractivity contribution < 1.29 is 4.74 Å². The Kier molecular flexibility index (Phi) is 6.02. The molecule has 3 unspecified atom stereocenters. The van der Waals surface area contributed by atoms with Crippen LogP contribution < -0.4 is 5.32 Å². The fourth-order valence-electron chi connectivity index (χ4n) is 1.77. The van der Waals surface area contributed by atoms with E-state index in [-0.39, 0.29) is 0 Å². The van der Waals surface area contributed by atoms with Crippen molar-refractivity contribution in [3.05, 3.63) is 0 Å². The molecular weight excluding hydrogens is 206 g/mol. The van der Waals surface area contributed by atoms with Crippen LogP contribution in [0.25, 0.3) is 0 Å². The second kappa shape index (κ2) is 6.77. The minimum absolute atomic E-state index is 0.635. The van der Waals surface area contributed by atoms with Gasteiger partial charge in [-0.3, -0.25) is 0 Å². The van der Waals surface area contributed by atoms with Crippen molar-refractivity contribution in [1.29, 1.82) is 0 Å². The highest BCUT2D eigenvalue weighted by Crippen LogP contribution is 2.28. The summed E-state index contributed by atoms with van der Waals surface area (Å²) in [5.74, 6) is 0.749. The van der Waals surface area contributed by atoms with Crippen molar-refractivity contribution in [1.82, 2.24) is 5.32 Å². The average Bonchev–Trinajstić information content (AvgIpc) is 2.21. The maximum absolute atomic E-state index is 5.58. The van der Waals surface area contributed by atoms with Gasteiger partial charge in [-0.2, -0.15) is 11.8 Å². The minimum atomic E-state index is 0.635. The maximum Gasteiger partial charge on any atom is 0.0600 e. The standard InChI is InChI=1S/C12H25NOS/c1-5-13-11-6-7-14-8-12(11)15-10(4)9(2)3/h9-13H,5-8H2,1-4H3. The predicted octanol–water partition coefficient (Wildman–Crippen LogP) is 2.53. The molecule has 15 heavy (non-hydrogen) atoms. The summed E-state index contributed by atoms with van der Waals surface area (Å²) >= 11 is 2.09. The molecule has 1 aliphatic rings. The molecule has 0 amide bonds. The molecule has 1 aliphatic heterocycles. The summed E-state index contributed by atoms with van der Waals surface area (Å²) in [7, 11) is 0. The molecule has 0 spiro atoms. The van der Waals surface area contributed by atoms with Gasteiger partial charge in [0.05, 0.1) is 6.61 Å². The molecule has 0 aromatic rings. The van der Waals surface area contributed by atoms with Crippen LogP contribution in [0.2, 0.25) is 0 Å². The van der Waals surface area contributed by atoms with Gasteiger partial charge in [-0.15, -0.1) is 0 Å². The van der Waals surface area contributed by atoms with Crippen LogP contribution in [0.15, 0.2) is 0 Å². The third-order valence-electron chi connectivity index (χ3n) is 3.10. The van der Waals surface area contributed by atoms with Crippen LogP contribution in [0.4, 0.5) is 0 Å². The lowest BCUT2D eigenvalue weighted by atomic mass is 10.1. The number of nitrogens with one attached hydrogen (secondary N) is 1. The van der Waals surface area contributed by atoms with Crippen LogP contribution >= 0.6 is 11.8 Å². The lowest BCUT2D eigenvalue weighted by Crippen LogP contribution is -2.45. The monoisotopic (exact) mass is 231 g/mol. The quantitative estimate of drug-likeness (QED) is 0.785. The summed E-state index contributed by atoms with van der Waals surface area (Å²) in [5.41, 5.74) is 0. The summed E-state index contributed by atoms with van der Waals surface area (Å²) in [4.78, 5) is 0.